The van der Waals surface area contributed by atoms with Gasteiger partial charge in [-0.3, -0.25) is 4.90 Å². The van der Waals surface area contributed by atoms with Crippen LogP contribution in [0.5, 0.6) is 11.5 Å². The second-order valence-corrected chi connectivity index (χ2v) is 7.83. The molecular weight excluding hydrogens is 308 g/mol. The van der Waals surface area contributed by atoms with Crippen LogP contribution in [0.1, 0.15) is 47.8 Å². The summed E-state index contributed by atoms with van der Waals surface area (Å²) in [6, 6.07) is 15.0. The Bertz CT molecular complexity index is 880. The standard InChI is InChI=1S/C22H23N2O/c1-23-22-14-24(2)13-19(22)17-8-3-4-9-20(17)25-21-11-10-16(12-18(21)22)15-6-5-7-15/h1,3-4,8-12,15,19H,5-7,13-14H2,2H3/q+1. The Kier molecular flexibility index (Phi) is 3.20. The van der Waals surface area contributed by atoms with Crippen LogP contribution < -0.4 is 4.74 Å². The number of likely N-dealkylation sites (tertiary alicyclic amines) is 1. The van der Waals surface area contributed by atoms with Gasteiger partial charge in [-0.15, -0.1) is 0 Å². The highest BCUT2D eigenvalue weighted by Gasteiger charge is 2.60. The average Bonchev–Trinajstić information content (AvgIpc) is 2.87. The highest BCUT2D eigenvalue weighted by Crippen LogP contribution is 2.55. The molecule has 2 aromatic rings. The third-order valence-corrected chi connectivity index (χ3v) is 6.37. The molecule has 2 heterocycles. The van der Waals surface area contributed by atoms with Gasteiger partial charge in [-0.05, 0) is 49.6 Å². The van der Waals surface area contributed by atoms with Gasteiger partial charge in [-0.1, -0.05) is 35.5 Å². The van der Waals surface area contributed by atoms with E-state index in [0.29, 0.717) is 5.92 Å². The van der Waals surface area contributed by atoms with Gasteiger partial charge in [-0.25, -0.2) is 0 Å². The molecule has 5 rings (SSSR count). The smallest absolute Gasteiger partial charge is 0.329 e. The third-order valence-electron chi connectivity index (χ3n) is 6.37. The molecule has 2 aromatic carbocycles. The molecule has 2 unspecified atom stereocenters. The second-order valence-electron chi connectivity index (χ2n) is 7.83. The largest absolute Gasteiger partial charge is 0.456 e. The lowest BCUT2D eigenvalue weighted by Gasteiger charge is -2.27. The number of nitrogens with zero attached hydrogens (tertiary/aromatic N) is 2. The van der Waals surface area contributed by atoms with Crippen LogP contribution in [-0.4, -0.2) is 25.0 Å². The van der Waals surface area contributed by atoms with Gasteiger partial charge in [0.2, 0.25) is 0 Å². The summed E-state index contributed by atoms with van der Waals surface area (Å²) < 4.78 is 6.35. The molecule has 1 saturated heterocycles. The van der Waals surface area contributed by atoms with E-state index >= 15 is 0 Å². The molecular formula is C22H23N2O+. The lowest BCUT2D eigenvalue weighted by Crippen LogP contribution is -2.30. The molecule has 0 N–H and O–H groups in total. The Hall–Kier alpha value is -2.31. The quantitative estimate of drug-likeness (QED) is 0.735. The number of likely N-dealkylation sites (N-methyl/N-ethyl adjacent to an activating group) is 1. The Morgan fingerprint density at radius 2 is 2.00 bits per heavy atom. The molecule has 3 nitrogen and oxygen atoms in total. The van der Waals surface area contributed by atoms with E-state index in [9.17, 15) is 0 Å². The van der Waals surface area contributed by atoms with Crippen molar-refractivity contribution in [2.75, 3.05) is 20.1 Å². The van der Waals surface area contributed by atoms with Crippen molar-refractivity contribution in [2.24, 2.45) is 0 Å². The predicted molar refractivity (Wildman–Crippen MR) is 99.8 cm³/mol. The first-order chi connectivity index (χ1) is 12.2. The van der Waals surface area contributed by atoms with E-state index in [4.69, 9.17) is 11.3 Å². The fourth-order valence-electron chi connectivity index (χ4n) is 4.83. The first-order valence-electron chi connectivity index (χ1n) is 9.23. The van der Waals surface area contributed by atoms with E-state index in [1.165, 1.54) is 30.4 Å². The van der Waals surface area contributed by atoms with E-state index in [-0.39, 0.29) is 5.92 Å². The van der Waals surface area contributed by atoms with Crippen molar-refractivity contribution < 1.29 is 4.74 Å². The molecule has 3 aliphatic rings. The first kappa shape index (κ1) is 15.0. The zero-order valence-corrected chi connectivity index (χ0v) is 14.6. The van der Waals surface area contributed by atoms with Gasteiger partial charge in [-0.2, -0.15) is 0 Å². The van der Waals surface area contributed by atoms with Gasteiger partial charge < -0.3 is 4.74 Å². The van der Waals surface area contributed by atoms with Crippen LogP contribution in [0.15, 0.2) is 42.5 Å². The predicted octanol–water partition coefficient (Wildman–Crippen LogP) is 4.95. The molecule has 2 atom stereocenters. The third kappa shape index (κ3) is 2.07. The number of benzene rings is 2. The zero-order valence-electron chi connectivity index (χ0n) is 14.6. The number of ether oxygens (including phenoxy) is 1. The fraction of sp³-hybridized carbons (Fsp3) is 0.409. The number of fused-ring (bicyclic) bond motifs is 5. The summed E-state index contributed by atoms with van der Waals surface area (Å²) in [5.74, 6) is 2.74. The summed E-state index contributed by atoms with van der Waals surface area (Å²) in [6.07, 6.45) is 3.91. The molecule has 2 aliphatic heterocycles. The van der Waals surface area contributed by atoms with Crippen LogP contribution in [0.3, 0.4) is 0 Å². The Balaban J connectivity index is 1.75. The maximum absolute atomic E-state index is 6.35. The van der Waals surface area contributed by atoms with Gasteiger partial charge in [0, 0.05) is 12.1 Å². The molecule has 25 heavy (non-hydrogen) atoms. The Labute approximate surface area is 149 Å². The number of rotatable bonds is 1. The van der Waals surface area contributed by atoms with Crippen LogP contribution in [0.4, 0.5) is 0 Å². The van der Waals surface area contributed by atoms with Crippen LogP contribution in [0, 0.1) is 6.57 Å². The van der Waals surface area contributed by atoms with E-state index in [2.05, 4.69) is 53.2 Å². The number of para-hydroxylation sites is 1. The lowest BCUT2D eigenvalue weighted by molar-refractivity contribution is 0.386. The van der Waals surface area contributed by atoms with Crippen molar-refractivity contribution in [3.63, 3.8) is 0 Å². The maximum atomic E-state index is 6.35. The topological polar surface area (TPSA) is 16.8 Å². The van der Waals surface area contributed by atoms with Crippen LogP contribution >= 0.6 is 0 Å². The van der Waals surface area contributed by atoms with Gasteiger partial charge in [0.25, 0.3) is 6.57 Å². The van der Waals surface area contributed by atoms with Gasteiger partial charge in [0.1, 0.15) is 11.5 Å². The zero-order chi connectivity index (χ0) is 17.0. The summed E-state index contributed by atoms with van der Waals surface area (Å²) in [7, 11) is 2.15. The van der Waals surface area contributed by atoms with Gasteiger partial charge in [0.05, 0.1) is 18.0 Å². The van der Waals surface area contributed by atoms with Crippen molar-refractivity contribution in [3.05, 3.63) is 64.0 Å². The molecule has 0 radical (unpaired) electrons. The molecule has 0 amide bonds. The highest BCUT2D eigenvalue weighted by atomic mass is 16.5. The van der Waals surface area contributed by atoms with E-state index in [0.717, 1.165) is 30.2 Å². The molecule has 0 bridgehead atoms. The summed E-state index contributed by atoms with van der Waals surface area (Å²) in [5, 5.41) is 0. The molecule has 3 heteroatoms. The molecule has 0 spiro atoms. The molecule has 1 aliphatic carbocycles. The minimum atomic E-state index is -0.434. The fourth-order valence-corrected chi connectivity index (χ4v) is 4.83. The van der Waals surface area contributed by atoms with Crippen molar-refractivity contribution in [3.8, 4) is 18.1 Å². The minimum Gasteiger partial charge on any atom is -0.456 e. The maximum Gasteiger partial charge on any atom is 0.329 e. The molecule has 2 fully saturated rings. The lowest BCUT2D eigenvalue weighted by atomic mass is 9.74. The van der Waals surface area contributed by atoms with Crippen molar-refractivity contribution in [1.29, 1.82) is 0 Å². The van der Waals surface area contributed by atoms with Crippen molar-refractivity contribution in [1.82, 2.24) is 4.90 Å². The monoisotopic (exact) mass is 331 g/mol. The molecule has 126 valence electrons. The van der Waals surface area contributed by atoms with Gasteiger partial charge >= 0.3 is 5.54 Å². The second kappa shape index (κ2) is 5.34. The van der Waals surface area contributed by atoms with E-state index in [1.54, 1.807) is 0 Å². The van der Waals surface area contributed by atoms with Crippen molar-refractivity contribution in [2.45, 2.75) is 36.6 Å². The van der Waals surface area contributed by atoms with Crippen LogP contribution in [-0.2, 0) is 5.54 Å². The summed E-state index contributed by atoms with van der Waals surface area (Å²) in [4.78, 5) is 6.85. The average molecular weight is 331 g/mol. The highest BCUT2D eigenvalue weighted by molar-refractivity contribution is 5.56. The Morgan fingerprint density at radius 3 is 2.76 bits per heavy atom. The van der Waals surface area contributed by atoms with Crippen molar-refractivity contribution >= 4 is 0 Å². The molecule has 1 saturated carbocycles. The van der Waals surface area contributed by atoms with Gasteiger partial charge in [0.15, 0.2) is 0 Å². The number of hydrogen-bond acceptors (Lipinski definition) is 2. The van der Waals surface area contributed by atoms with E-state index < -0.39 is 5.54 Å². The summed E-state index contributed by atoms with van der Waals surface area (Å²) in [5.41, 5.74) is 3.35. The first-order valence-corrected chi connectivity index (χ1v) is 9.23. The van der Waals surface area contributed by atoms with E-state index in [1.807, 2.05) is 6.07 Å². The van der Waals surface area contributed by atoms with Crippen LogP contribution in [0.2, 0.25) is 0 Å². The Morgan fingerprint density at radius 1 is 1.16 bits per heavy atom. The SMILES string of the molecule is C#[N+]C12CN(C)CC1c1ccccc1Oc1ccc(C3CCC3)cc12. The minimum absolute atomic E-state index is 0.219. The normalized spacial score (nSPS) is 27.9. The summed E-state index contributed by atoms with van der Waals surface area (Å²) in [6.45, 7) is 7.86. The van der Waals surface area contributed by atoms with Crippen LogP contribution in [0.25, 0.3) is 4.85 Å². The molecule has 0 aromatic heterocycles. The summed E-state index contributed by atoms with van der Waals surface area (Å²) >= 11 is 0. The number of hydrogen-bond donors (Lipinski definition) is 0.